The summed E-state index contributed by atoms with van der Waals surface area (Å²) in [6, 6.07) is 6.56. The van der Waals surface area contributed by atoms with Crippen molar-refractivity contribution in [2.24, 2.45) is 0 Å². The van der Waals surface area contributed by atoms with Gasteiger partial charge in [-0.05, 0) is 87.8 Å². The molecule has 1 unspecified atom stereocenters. The molecule has 1 N–H and O–H groups in total. The topological polar surface area (TPSA) is 44.8 Å². The van der Waals surface area contributed by atoms with Gasteiger partial charge in [-0.25, -0.2) is 0 Å². The Bertz CT molecular complexity index is 651. The lowest BCUT2D eigenvalue weighted by Gasteiger charge is -2.26. The first-order valence-corrected chi connectivity index (χ1v) is 11.3. The molecule has 5 heteroatoms. The Balaban J connectivity index is 1.25. The van der Waals surface area contributed by atoms with Crippen LogP contribution in [0.2, 0.25) is 0 Å². The average molecular weight is 386 g/mol. The molecule has 0 spiro atoms. The molecule has 0 aromatic heterocycles. The van der Waals surface area contributed by atoms with Gasteiger partial charge in [-0.1, -0.05) is 12.5 Å². The summed E-state index contributed by atoms with van der Waals surface area (Å²) >= 11 is 0. The summed E-state index contributed by atoms with van der Waals surface area (Å²) in [5.41, 5.74) is 2.72. The highest BCUT2D eigenvalue weighted by atomic mass is 16.5. The number of nitrogens with one attached hydrogen (secondary N) is 1. The molecule has 2 saturated heterocycles. The van der Waals surface area contributed by atoms with Gasteiger partial charge in [0.25, 0.3) is 0 Å². The van der Waals surface area contributed by atoms with E-state index in [2.05, 4.69) is 33.3 Å². The van der Waals surface area contributed by atoms with Crippen LogP contribution in [0.3, 0.4) is 0 Å². The van der Waals surface area contributed by atoms with E-state index in [4.69, 9.17) is 4.74 Å². The van der Waals surface area contributed by atoms with Crippen molar-refractivity contribution >= 4 is 5.91 Å². The molecule has 0 radical (unpaired) electrons. The SMILES string of the molecule is O=C(C1CCCN1)N1CCc2ccc(OCCCN3CCCCC3)cc2CC1. The normalized spacial score (nSPS) is 23.3. The van der Waals surface area contributed by atoms with Crippen LogP contribution in [0.25, 0.3) is 0 Å². The van der Waals surface area contributed by atoms with Crippen LogP contribution in [0.15, 0.2) is 18.2 Å². The average Bonchev–Trinajstić information content (AvgIpc) is 3.19. The molecule has 3 aliphatic rings. The monoisotopic (exact) mass is 385 g/mol. The standard InChI is InChI=1S/C23H35N3O2/c27-23(22-6-4-11-24-22)26-15-9-19-7-8-21(18-20(19)10-16-26)28-17-5-14-25-12-2-1-3-13-25/h7-8,18,22,24H,1-6,9-17H2. The maximum atomic E-state index is 12.7. The smallest absolute Gasteiger partial charge is 0.239 e. The Labute approximate surface area is 169 Å². The summed E-state index contributed by atoms with van der Waals surface area (Å²) < 4.78 is 6.04. The van der Waals surface area contributed by atoms with Crippen LogP contribution in [0.1, 0.15) is 49.7 Å². The molecule has 1 atom stereocenters. The van der Waals surface area contributed by atoms with E-state index in [0.29, 0.717) is 5.91 Å². The van der Waals surface area contributed by atoms with Gasteiger partial charge in [-0.2, -0.15) is 0 Å². The number of carbonyl (C=O) groups is 1. The first-order valence-electron chi connectivity index (χ1n) is 11.3. The highest BCUT2D eigenvalue weighted by Gasteiger charge is 2.28. The highest BCUT2D eigenvalue weighted by molar-refractivity contribution is 5.82. The van der Waals surface area contributed by atoms with Gasteiger partial charge in [0.15, 0.2) is 0 Å². The minimum absolute atomic E-state index is 0.0417. The van der Waals surface area contributed by atoms with Crippen molar-refractivity contribution < 1.29 is 9.53 Å². The maximum absolute atomic E-state index is 12.7. The zero-order valence-electron chi connectivity index (χ0n) is 17.1. The van der Waals surface area contributed by atoms with Crippen LogP contribution in [-0.4, -0.2) is 67.6 Å². The number of ether oxygens (including phenoxy) is 1. The lowest BCUT2D eigenvalue weighted by Crippen LogP contribution is -2.44. The molecule has 3 aliphatic heterocycles. The molecule has 154 valence electrons. The van der Waals surface area contributed by atoms with Crippen LogP contribution in [0.5, 0.6) is 5.75 Å². The Morgan fingerprint density at radius 3 is 2.64 bits per heavy atom. The fourth-order valence-corrected chi connectivity index (χ4v) is 4.79. The zero-order valence-corrected chi connectivity index (χ0v) is 17.1. The van der Waals surface area contributed by atoms with E-state index >= 15 is 0 Å². The minimum atomic E-state index is 0.0417. The van der Waals surface area contributed by atoms with Crippen LogP contribution >= 0.6 is 0 Å². The lowest BCUT2D eigenvalue weighted by molar-refractivity contribution is -0.132. The Hall–Kier alpha value is -1.59. The third kappa shape index (κ3) is 5.06. The Morgan fingerprint density at radius 2 is 1.86 bits per heavy atom. The van der Waals surface area contributed by atoms with Crippen molar-refractivity contribution in [3.63, 3.8) is 0 Å². The van der Waals surface area contributed by atoms with Gasteiger partial charge in [0.1, 0.15) is 5.75 Å². The van der Waals surface area contributed by atoms with E-state index in [1.807, 2.05) is 0 Å². The van der Waals surface area contributed by atoms with Crippen molar-refractivity contribution in [2.45, 2.75) is 57.4 Å². The fraction of sp³-hybridized carbons (Fsp3) is 0.696. The van der Waals surface area contributed by atoms with Crippen molar-refractivity contribution in [3.8, 4) is 5.75 Å². The maximum Gasteiger partial charge on any atom is 0.239 e. The summed E-state index contributed by atoms with van der Waals surface area (Å²) in [5, 5.41) is 3.34. The number of likely N-dealkylation sites (tertiary alicyclic amines) is 1. The number of fused-ring (bicyclic) bond motifs is 1. The van der Waals surface area contributed by atoms with Gasteiger partial charge in [0.2, 0.25) is 5.91 Å². The summed E-state index contributed by atoms with van der Waals surface area (Å²) in [6.07, 6.45) is 9.16. The molecule has 1 amide bonds. The van der Waals surface area contributed by atoms with Gasteiger partial charge in [0.05, 0.1) is 12.6 Å². The van der Waals surface area contributed by atoms with Crippen molar-refractivity contribution in [2.75, 3.05) is 45.9 Å². The van der Waals surface area contributed by atoms with Gasteiger partial charge < -0.3 is 19.9 Å². The minimum Gasteiger partial charge on any atom is -0.494 e. The van der Waals surface area contributed by atoms with E-state index in [1.54, 1.807) is 0 Å². The second-order valence-electron chi connectivity index (χ2n) is 8.51. The number of carbonyl (C=O) groups excluding carboxylic acids is 1. The van der Waals surface area contributed by atoms with Crippen LogP contribution in [0, 0.1) is 0 Å². The number of nitrogens with zero attached hydrogens (tertiary/aromatic N) is 2. The molecule has 2 fully saturated rings. The Morgan fingerprint density at radius 1 is 1.04 bits per heavy atom. The number of hydrogen-bond acceptors (Lipinski definition) is 4. The Kier molecular flexibility index (Phi) is 6.86. The second kappa shape index (κ2) is 9.75. The van der Waals surface area contributed by atoms with Crippen molar-refractivity contribution in [1.29, 1.82) is 0 Å². The number of benzene rings is 1. The van der Waals surface area contributed by atoms with E-state index in [9.17, 15) is 4.79 Å². The molecule has 0 aliphatic carbocycles. The summed E-state index contributed by atoms with van der Waals surface area (Å²) in [5.74, 6) is 1.27. The van der Waals surface area contributed by atoms with Crippen LogP contribution in [0.4, 0.5) is 0 Å². The summed E-state index contributed by atoms with van der Waals surface area (Å²) in [4.78, 5) is 17.3. The largest absolute Gasteiger partial charge is 0.494 e. The summed E-state index contributed by atoms with van der Waals surface area (Å²) in [7, 11) is 0. The third-order valence-electron chi connectivity index (χ3n) is 6.49. The number of rotatable bonds is 6. The molecule has 3 heterocycles. The first kappa shape index (κ1) is 19.7. The molecule has 4 rings (SSSR count). The number of amides is 1. The predicted molar refractivity (Wildman–Crippen MR) is 112 cm³/mol. The van der Waals surface area contributed by atoms with E-state index in [0.717, 1.165) is 70.6 Å². The third-order valence-corrected chi connectivity index (χ3v) is 6.49. The van der Waals surface area contributed by atoms with E-state index in [-0.39, 0.29) is 6.04 Å². The number of hydrogen-bond donors (Lipinski definition) is 1. The van der Waals surface area contributed by atoms with Gasteiger partial charge in [-0.3, -0.25) is 4.79 Å². The van der Waals surface area contributed by atoms with Crippen molar-refractivity contribution in [1.82, 2.24) is 15.1 Å². The van der Waals surface area contributed by atoms with E-state index in [1.165, 1.54) is 43.5 Å². The van der Waals surface area contributed by atoms with Gasteiger partial charge in [0, 0.05) is 19.6 Å². The number of piperidine rings is 1. The molecule has 0 bridgehead atoms. The zero-order chi connectivity index (χ0) is 19.2. The highest BCUT2D eigenvalue weighted by Crippen LogP contribution is 2.23. The second-order valence-corrected chi connectivity index (χ2v) is 8.51. The van der Waals surface area contributed by atoms with Crippen LogP contribution in [-0.2, 0) is 17.6 Å². The van der Waals surface area contributed by atoms with Crippen LogP contribution < -0.4 is 10.1 Å². The molecular weight excluding hydrogens is 350 g/mol. The predicted octanol–water partition coefficient (Wildman–Crippen LogP) is 2.62. The fourth-order valence-electron chi connectivity index (χ4n) is 4.79. The quantitative estimate of drug-likeness (QED) is 0.765. The first-order chi connectivity index (χ1) is 13.8. The molecule has 1 aromatic carbocycles. The van der Waals surface area contributed by atoms with E-state index < -0.39 is 0 Å². The molecular formula is C23H35N3O2. The molecule has 5 nitrogen and oxygen atoms in total. The molecule has 1 aromatic rings. The lowest BCUT2D eigenvalue weighted by atomic mass is 10.0. The molecule has 28 heavy (non-hydrogen) atoms. The summed E-state index contributed by atoms with van der Waals surface area (Å²) in [6.45, 7) is 7.07. The van der Waals surface area contributed by atoms with Gasteiger partial charge in [-0.15, -0.1) is 0 Å². The molecule has 0 saturated carbocycles. The van der Waals surface area contributed by atoms with Crippen molar-refractivity contribution in [3.05, 3.63) is 29.3 Å². The van der Waals surface area contributed by atoms with Gasteiger partial charge >= 0.3 is 0 Å².